The van der Waals surface area contributed by atoms with E-state index in [0.29, 0.717) is 12.0 Å². The second-order valence-corrected chi connectivity index (χ2v) is 6.82. The molecule has 0 amide bonds. The minimum atomic E-state index is -3.93. The van der Waals surface area contributed by atoms with Gasteiger partial charge < -0.3 is 9.15 Å². The maximum absolute atomic E-state index is 13.9. The Balaban J connectivity index is 1.92. The molecule has 3 aromatic rings. The second-order valence-electron chi connectivity index (χ2n) is 5.14. The monoisotopic (exact) mass is 363 g/mol. The third-order valence-corrected chi connectivity index (χ3v) is 4.76. The highest BCUT2D eigenvalue weighted by Crippen LogP contribution is 2.24. The van der Waals surface area contributed by atoms with Gasteiger partial charge in [-0.2, -0.15) is 0 Å². The van der Waals surface area contributed by atoms with Crippen LogP contribution in [0.25, 0.3) is 11.0 Å². The first-order chi connectivity index (χ1) is 11.9. The quantitative estimate of drug-likeness (QED) is 0.704. The van der Waals surface area contributed by atoms with Gasteiger partial charge in [-0.15, -0.1) is 0 Å². The van der Waals surface area contributed by atoms with E-state index in [-0.39, 0.29) is 21.9 Å². The number of sulfonamides is 1. The van der Waals surface area contributed by atoms with Crippen molar-refractivity contribution < 1.29 is 22.0 Å². The Hall–Kier alpha value is -2.87. The first-order valence-corrected chi connectivity index (χ1v) is 8.86. The predicted molar refractivity (Wildman–Crippen MR) is 90.9 cm³/mol. The summed E-state index contributed by atoms with van der Waals surface area (Å²) < 4.78 is 51.2. The minimum Gasteiger partial charge on any atom is -0.491 e. The van der Waals surface area contributed by atoms with Crippen LogP contribution in [0.4, 0.5) is 10.1 Å². The number of fused-ring (bicyclic) bond motifs is 1. The molecule has 0 bridgehead atoms. The van der Waals surface area contributed by atoms with E-state index in [9.17, 15) is 17.6 Å². The Morgan fingerprint density at radius 2 is 1.92 bits per heavy atom. The van der Waals surface area contributed by atoms with Gasteiger partial charge >= 0.3 is 5.63 Å². The summed E-state index contributed by atoms with van der Waals surface area (Å²) >= 11 is 0. The summed E-state index contributed by atoms with van der Waals surface area (Å²) in [6.45, 7) is 2.02. The third kappa shape index (κ3) is 3.63. The molecule has 0 unspecified atom stereocenters. The van der Waals surface area contributed by atoms with Crippen LogP contribution in [0.3, 0.4) is 0 Å². The molecule has 1 N–H and O–H groups in total. The lowest BCUT2D eigenvalue weighted by atomic mass is 10.2. The van der Waals surface area contributed by atoms with Gasteiger partial charge in [0, 0.05) is 17.5 Å². The van der Waals surface area contributed by atoms with Gasteiger partial charge in [0.1, 0.15) is 5.58 Å². The predicted octanol–water partition coefficient (Wildman–Crippen LogP) is 3.13. The molecule has 0 aliphatic rings. The number of hydrogen-bond acceptors (Lipinski definition) is 5. The number of anilines is 1. The lowest BCUT2D eigenvalue weighted by Gasteiger charge is -2.10. The smallest absolute Gasteiger partial charge is 0.336 e. The summed E-state index contributed by atoms with van der Waals surface area (Å²) in [4.78, 5) is 11.1. The maximum Gasteiger partial charge on any atom is 0.336 e. The molecule has 0 saturated carbocycles. The van der Waals surface area contributed by atoms with Gasteiger partial charge in [-0.05, 0) is 43.3 Å². The molecule has 1 heterocycles. The average molecular weight is 363 g/mol. The molecule has 8 heteroatoms. The number of hydrogen-bond donors (Lipinski definition) is 1. The van der Waals surface area contributed by atoms with Crippen molar-refractivity contribution in [2.24, 2.45) is 0 Å². The lowest BCUT2D eigenvalue weighted by molar-refractivity contribution is 0.321. The molecule has 0 radical (unpaired) electrons. The van der Waals surface area contributed by atoms with Crippen LogP contribution in [0.15, 0.2) is 62.6 Å². The van der Waals surface area contributed by atoms with Crippen LogP contribution >= 0.6 is 0 Å². The number of ether oxygens (including phenoxy) is 1. The van der Waals surface area contributed by atoms with Gasteiger partial charge in [-0.1, -0.05) is 0 Å². The molecular formula is C17H14FNO5S. The minimum absolute atomic E-state index is 0.0388. The molecule has 25 heavy (non-hydrogen) atoms. The van der Waals surface area contributed by atoms with Crippen LogP contribution in [-0.4, -0.2) is 15.0 Å². The highest BCUT2D eigenvalue weighted by Gasteiger charge is 2.16. The number of nitrogens with one attached hydrogen (secondary N) is 1. The van der Waals surface area contributed by atoms with E-state index in [1.165, 1.54) is 42.5 Å². The van der Waals surface area contributed by atoms with Gasteiger partial charge in [-0.25, -0.2) is 17.6 Å². The van der Waals surface area contributed by atoms with Crippen molar-refractivity contribution in [3.05, 3.63) is 64.8 Å². The zero-order valence-electron chi connectivity index (χ0n) is 13.2. The molecule has 0 spiro atoms. The van der Waals surface area contributed by atoms with E-state index >= 15 is 0 Å². The van der Waals surface area contributed by atoms with E-state index in [4.69, 9.17) is 9.15 Å². The fraction of sp³-hybridized carbons (Fsp3) is 0.118. The van der Waals surface area contributed by atoms with Gasteiger partial charge in [-0.3, -0.25) is 4.72 Å². The Morgan fingerprint density at radius 1 is 1.12 bits per heavy atom. The second kappa shape index (κ2) is 6.56. The van der Waals surface area contributed by atoms with Crippen LogP contribution in [0.1, 0.15) is 6.92 Å². The normalized spacial score (nSPS) is 11.4. The van der Waals surface area contributed by atoms with Gasteiger partial charge in [0.15, 0.2) is 11.6 Å². The lowest BCUT2D eigenvalue weighted by Crippen LogP contribution is -2.13. The number of rotatable bonds is 5. The van der Waals surface area contributed by atoms with E-state index in [2.05, 4.69) is 4.72 Å². The average Bonchev–Trinajstić information content (AvgIpc) is 2.56. The summed E-state index contributed by atoms with van der Waals surface area (Å²) in [6.07, 6.45) is 0. The third-order valence-electron chi connectivity index (χ3n) is 3.39. The molecule has 0 aliphatic carbocycles. The van der Waals surface area contributed by atoms with Gasteiger partial charge in [0.2, 0.25) is 0 Å². The van der Waals surface area contributed by atoms with E-state index in [1.54, 1.807) is 6.92 Å². The van der Waals surface area contributed by atoms with Crippen molar-refractivity contribution in [1.29, 1.82) is 0 Å². The van der Waals surface area contributed by atoms with Crippen LogP contribution in [-0.2, 0) is 10.0 Å². The van der Waals surface area contributed by atoms with Gasteiger partial charge in [0.25, 0.3) is 10.0 Å². The Bertz CT molecular complexity index is 1090. The SMILES string of the molecule is CCOc1ccc(NS(=O)(=O)c2ccc3oc(=O)ccc3c2)cc1F. The summed E-state index contributed by atoms with van der Waals surface area (Å²) in [6, 6.07) is 10.5. The van der Waals surface area contributed by atoms with Crippen molar-refractivity contribution in [3.8, 4) is 5.75 Å². The molecule has 0 saturated heterocycles. The summed E-state index contributed by atoms with van der Waals surface area (Å²) in [5, 5.41) is 0.459. The van der Waals surface area contributed by atoms with Crippen molar-refractivity contribution in [1.82, 2.24) is 0 Å². The summed E-state index contributed by atoms with van der Waals surface area (Å²) in [5.41, 5.74) is -0.176. The molecule has 2 aromatic carbocycles. The maximum atomic E-state index is 13.9. The molecule has 1 aromatic heterocycles. The molecule has 0 atom stereocenters. The van der Waals surface area contributed by atoms with Crippen LogP contribution in [0.5, 0.6) is 5.75 Å². The van der Waals surface area contributed by atoms with Crippen molar-refractivity contribution in [3.63, 3.8) is 0 Å². The van der Waals surface area contributed by atoms with Crippen LogP contribution in [0, 0.1) is 5.82 Å². The zero-order chi connectivity index (χ0) is 18.0. The van der Waals surface area contributed by atoms with Crippen molar-refractivity contribution >= 4 is 26.7 Å². The van der Waals surface area contributed by atoms with Crippen molar-refractivity contribution in [2.75, 3.05) is 11.3 Å². The zero-order valence-corrected chi connectivity index (χ0v) is 14.0. The topological polar surface area (TPSA) is 85.6 Å². The summed E-state index contributed by atoms with van der Waals surface area (Å²) in [5.74, 6) is -0.617. The van der Waals surface area contributed by atoms with E-state index < -0.39 is 21.5 Å². The fourth-order valence-electron chi connectivity index (χ4n) is 2.27. The van der Waals surface area contributed by atoms with Crippen LogP contribution in [0.2, 0.25) is 0 Å². The highest BCUT2D eigenvalue weighted by molar-refractivity contribution is 7.92. The first kappa shape index (κ1) is 17.0. The van der Waals surface area contributed by atoms with Crippen molar-refractivity contribution in [2.45, 2.75) is 11.8 Å². The molecular weight excluding hydrogens is 349 g/mol. The fourth-order valence-corrected chi connectivity index (χ4v) is 3.35. The first-order valence-electron chi connectivity index (χ1n) is 7.38. The molecule has 6 nitrogen and oxygen atoms in total. The van der Waals surface area contributed by atoms with E-state index in [0.717, 1.165) is 6.07 Å². The molecule has 0 aliphatic heterocycles. The van der Waals surface area contributed by atoms with E-state index in [1.807, 2.05) is 0 Å². The number of benzene rings is 2. The Morgan fingerprint density at radius 3 is 2.64 bits per heavy atom. The Kier molecular flexibility index (Phi) is 4.45. The van der Waals surface area contributed by atoms with Gasteiger partial charge in [0.05, 0.1) is 17.2 Å². The largest absolute Gasteiger partial charge is 0.491 e. The number of halogens is 1. The summed E-state index contributed by atoms with van der Waals surface area (Å²) in [7, 11) is -3.93. The highest BCUT2D eigenvalue weighted by atomic mass is 32.2. The molecule has 0 fully saturated rings. The molecule has 130 valence electrons. The Labute approximate surface area is 142 Å². The van der Waals surface area contributed by atoms with Crippen LogP contribution < -0.4 is 15.1 Å². The molecule has 3 rings (SSSR count). The standard InChI is InChI=1S/C17H14FNO5S/c1-2-23-16-6-4-12(10-14(16)18)19-25(21,22)13-5-7-15-11(9-13)3-8-17(20)24-15/h3-10,19H,2H2,1H3.